The molecule has 2 unspecified atom stereocenters. The van der Waals surface area contributed by atoms with Gasteiger partial charge in [0.05, 0.1) is 12.6 Å². The van der Waals surface area contributed by atoms with E-state index in [0.717, 1.165) is 36.3 Å². The second kappa shape index (κ2) is 6.41. The van der Waals surface area contributed by atoms with Crippen molar-refractivity contribution in [2.75, 3.05) is 7.11 Å². The first-order valence-corrected chi connectivity index (χ1v) is 7.35. The fraction of sp³-hybridized carbons (Fsp3) is 0.412. The molecule has 3 rings (SSSR count). The van der Waals surface area contributed by atoms with Crippen molar-refractivity contribution in [3.8, 4) is 11.3 Å². The second-order valence-electron chi connectivity index (χ2n) is 5.52. The number of nitrogens with one attached hydrogen (secondary N) is 1. The van der Waals surface area contributed by atoms with Crippen LogP contribution in [0.3, 0.4) is 0 Å². The molecule has 1 heterocycles. The number of methoxy groups -OCH3 is 1. The van der Waals surface area contributed by atoms with Crippen molar-refractivity contribution in [1.29, 1.82) is 0 Å². The summed E-state index contributed by atoms with van der Waals surface area (Å²) in [4.78, 5) is 0. The van der Waals surface area contributed by atoms with Gasteiger partial charge >= 0.3 is 0 Å². The number of benzene rings is 1. The maximum atomic E-state index is 12.9. The van der Waals surface area contributed by atoms with E-state index >= 15 is 0 Å². The topological polar surface area (TPSA) is 34.4 Å². The fourth-order valence-corrected chi connectivity index (χ4v) is 2.83. The third-order valence-corrected chi connectivity index (χ3v) is 4.07. The number of ether oxygens (including phenoxy) is 1. The van der Waals surface area contributed by atoms with Gasteiger partial charge in [-0.25, -0.2) is 4.39 Å². The smallest absolute Gasteiger partial charge is 0.134 e. The summed E-state index contributed by atoms with van der Waals surface area (Å²) in [5.41, 5.74) is 0.892. The van der Waals surface area contributed by atoms with Gasteiger partial charge in [-0.15, -0.1) is 0 Å². The van der Waals surface area contributed by atoms with Crippen LogP contribution in [0.15, 0.2) is 40.8 Å². The highest BCUT2D eigenvalue weighted by Crippen LogP contribution is 2.24. The lowest BCUT2D eigenvalue weighted by Crippen LogP contribution is -2.26. The van der Waals surface area contributed by atoms with Crippen LogP contribution >= 0.6 is 0 Å². The van der Waals surface area contributed by atoms with Crippen molar-refractivity contribution in [1.82, 2.24) is 5.32 Å². The lowest BCUT2D eigenvalue weighted by molar-refractivity contribution is 0.107. The van der Waals surface area contributed by atoms with E-state index in [1.54, 1.807) is 19.2 Å². The molecule has 0 bridgehead atoms. The van der Waals surface area contributed by atoms with Crippen LogP contribution < -0.4 is 5.32 Å². The first-order chi connectivity index (χ1) is 10.2. The van der Waals surface area contributed by atoms with E-state index in [2.05, 4.69) is 5.32 Å². The van der Waals surface area contributed by atoms with E-state index in [1.807, 2.05) is 12.1 Å². The Hall–Kier alpha value is -1.65. The van der Waals surface area contributed by atoms with Crippen LogP contribution in [0.2, 0.25) is 0 Å². The molecule has 0 radical (unpaired) electrons. The van der Waals surface area contributed by atoms with Gasteiger partial charge in [0.2, 0.25) is 0 Å². The standard InChI is InChI=1S/C17H20FNO2/c1-20-15-7-6-14(10-15)19-11-16-8-9-17(21-16)12-2-4-13(18)5-3-12/h2-5,8-9,14-15,19H,6-7,10-11H2,1H3. The van der Waals surface area contributed by atoms with Gasteiger partial charge in [0.1, 0.15) is 17.3 Å². The average molecular weight is 289 g/mol. The Bertz CT molecular complexity index is 579. The minimum Gasteiger partial charge on any atom is -0.460 e. The van der Waals surface area contributed by atoms with Crippen molar-refractivity contribution in [3.05, 3.63) is 48.0 Å². The highest BCUT2D eigenvalue weighted by Gasteiger charge is 2.23. The van der Waals surface area contributed by atoms with Gasteiger partial charge in [-0.2, -0.15) is 0 Å². The molecule has 112 valence electrons. The van der Waals surface area contributed by atoms with Crippen molar-refractivity contribution in [2.24, 2.45) is 0 Å². The van der Waals surface area contributed by atoms with E-state index < -0.39 is 0 Å². The van der Waals surface area contributed by atoms with Crippen molar-refractivity contribution in [2.45, 2.75) is 38.0 Å². The van der Waals surface area contributed by atoms with Gasteiger partial charge in [-0.1, -0.05) is 0 Å². The highest BCUT2D eigenvalue weighted by molar-refractivity contribution is 5.57. The van der Waals surface area contributed by atoms with Gasteiger partial charge in [-0.05, 0) is 55.7 Å². The van der Waals surface area contributed by atoms with E-state index in [1.165, 1.54) is 12.1 Å². The van der Waals surface area contributed by atoms with Gasteiger partial charge in [0.15, 0.2) is 0 Å². The Morgan fingerprint density at radius 2 is 2.00 bits per heavy atom. The lowest BCUT2D eigenvalue weighted by atomic mass is 10.2. The molecule has 0 amide bonds. The van der Waals surface area contributed by atoms with Crippen LogP contribution in [0.4, 0.5) is 4.39 Å². The summed E-state index contributed by atoms with van der Waals surface area (Å²) in [6, 6.07) is 10.7. The Kier molecular flexibility index (Phi) is 4.36. The SMILES string of the molecule is COC1CCC(NCc2ccc(-c3ccc(F)cc3)o2)C1. The van der Waals surface area contributed by atoms with Gasteiger partial charge in [0, 0.05) is 18.7 Å². The van der Waals surface area contributed by atoms with Crippen LogP contribution in [0.25, 0.3) is 11.3 Å². The average Bonchev–Trinajstić information content (AvgIpc) is 3.15. The van der Waals surface area contributed by atoms with E-state index in [0.29, 0.717) is 18.7 Å². The summed E-state index contributed by atoms with van der Waals surface area (Å²) in [6.45, 7) is 0.711. The summed E-state index contributed by atoms with van der Waals surface area (Å²) in [5, 5.41) is 3.50. The van der Waals surface area contributed by atoms with Crippen molar-refractivity contribution < 1.29 is 13.5 Å². The minimum absolute atomic E-state index is 0.235. The molecule has 1 aromatic heterocycles. The Labute approximate surface area is 124 Å². The molecule has 21 heavy (non-hydrogen) atoms. The third-order valence-electron chi connectivity index (χ3n) is 4.07. The van der Waals surface area contributed by atoms with Gasteiger partial charge in [0.25, 0.3) is 0 Å². The molecule has 1 aliphatic rings. The summed E-state index contributed by atoms with van der Waals surface area (Å²) in [7, 11) is 1.77. The Morgan fingerprint density at radius 1 is 1.19 bits per heavy atom. The maximum Gasteiger partial charge on any atom is 0.134 e. The van der Waals surface area contributed by atoms with Crippen LogP contribution in [-0.2, 0) is 11.3 Å². The van der Waals surface area contributed by atoms with Gasteiger partial charge < -0.3 is 14.5 Å². The highest BCUT2D eigenvalue weighted by atomic mass is 19.1. The minimum atomic E-state index is -0.235. The summed E-state index contributed by atoms with van der Waals surface area (Å²) in [6.07, 6.45) is 3.70. The van der Waals surface area contributed by atoms with Crippen LogP contribution in [0, 0.1) is 5.82 Å². The molecule has 0 saturated heterocycles. The summed E-state index contributed by atoms with van der Waals surface area (Å²) >= 11 is 0. The quantitative estimate of drug-likeness (QED) is 0.910. The van der Waals surface area contributed by atoms with E-state index in [4.69, 9.17) is 9.15 Å². The maximum absolute atomic E-state index is 12.9. The predicted molar refractivity (Wildman–Crippen MR) is 79.4 cm³/mol. The van der Waals surface area contributed by atoms with E-state index in [9.17, 15) is 4.39 Å². The zero-order valence-electron chi connectivity index (χ0n) is 12.1. The zero-order valence-corrected chi connectivity index (χ0v) is 12.1. The molecule has 1 saturated carbocycles. The molecular formula is C17H20FNO2. The normalized spacial score (nSPS) is 21.8. The monoisotopic (exact) mass is 289 g/mol. The number of furan rings is 1. The lowest BCUT2D eigenvalue weighted by Gasteiger charge is -2.11. The molecule has 0 aliphatic heterocycles. The largest absolute Gasteiger partial charge is 0.460 e. The second-order valence-corrected chi connectivity index (χ2v) is 5.52. The molecule has 1 aliphatic carbocycles. The first-order valence-electron chi connectivity index (χ1n) is 7.35. The molecule has 4 heteroatoms. The molecule has 2 atom stereocenters. The molecule has 1 aromatic carbocycles. The van der Waals surface area contributed by atoms with E-state index in [-0.39, 0.29) is 5.82 Å². The number of rotatable bonds is 5. The molecule has 2 aromatic rings. The molecule has 1 fully saturated rings. The molecule has 1 N–H and O–H groups in total. The summed E-state index contributed by atoms with van der Waals surface area (Å²) in [5.74, 6) is 1.43. The molecule has 3 nitrogen and oxygen atoms in total. The molecular weight excluding hydrogens is 269 g/mol. The number of halogens is 1. The number of hydrogen-bond acceptors (Lipinski definition) is 3. The predicted octanol–water partition coefficient (Wildman–Crippen LogP) is 3.74. The molecule has 0 spiro atoms. The van der Waals surface area contributed by atoms with Crippen LogP contribution in [-0.4, -0.2) is 19.3 Å². The van der Waals surface area contributed by atoms with Crippen LogP contribution in [0.5, 0.6) is 0 Å². The summed E-state index contributed by atoms with van der Waals surface area (Å²) < 4.78 is 24.1. The fourth-order valence-electron chi connectivity index (χ4n) is 2.83. The Morgan fingerprint density at radius 3 is 2.71 bits per heavy atom. The Balaban J connectivity index is 1.57. The van der Waals surface area contributed by atoms with Crippen LogP contribution in [0.1, 0.15) is 25.0 Å². The van der Waals surface area contributed by atoms with Crippen molar-refractivity contribution >= 4 is 0 Å². The van der Waals surface area contributed by atoms with Crippen molar-refractivity contribution in [3.63, 3.8) is 0 Å². The first kappa shape index (κ1) is 14.3. The number of hydrogen-bond donors (Lipinski definition) is 1. The van der Waals surface area contributed by atoms with Gasteiger partial charge in [-0.3, -0.25) is 0 Å². The zero-order chi connectivity index (χ0) is 14.7. The third kappa shape index (κ3) is 3.52.